The minimum Gasteiger partial charge on any atom is -0.336 e. The molecule has 1 atom stereocenters. The van der Waals surface area contributed by atoms with Crippen LogP contribution in [0.1, 0.15) is 23.7 Å². The summed E-state index contributed by atoms with van der Waals surface area (Å²) in [5.41, 5.74) is 0.269. The van der Waals surface area contributed by atoms with Crippen LogP contribution in [0.4, 0.5) is 5.69 Å². The van der Waals surface area contributed by atoms with Crippen molar-refractivity contribution in [2.24, 2.45) is 0 Å². The fourth-order valence-electron chi connectivity index (χ4n) is 2.57. The van der Waals surface area contributed by atoms with Crippen LogP contribution in [0.3, 0.4) is 0 Å². The number of nitro groups is 1. The number of benzene rings is 1. The normalized spacial score (nSPS) is 19.6. The van der Waals surface area contributed by atoms with Gasteiger partial charge in [0.05, 0.1) is 10.5 Å². The zero-order valence-corrected chi connectivity index (χ0v) is 13.7. The van der Waals surface area contributed by atoms with Crippen molar-refractivity contribution in [3.8, 4) is 0 Å². The van der Waals surface area contributed by atoms with Crippen LogP contribution >= 0.6 is 15.9 Å². The molecular weight excluding hydrogens is 338 g/mol. The Balaban J connectivity index is 2.25. The summed E-state index contributed by atoms with van der Waals surface area (Å²) < 4.78 is 0.256. The number of hydrogen-bond acceptors (Lipinski definition) is 4. The lowest BCUT2D eigenvalue weighted by molar-refractivity contribution is -0.385. The lowest BCUT2D eigenvalue weighted by Gasteiger charge is -2.39. The fraction of sp³-hybridized carbons (Fsp3) is 0.500. The van der Waals surface area contributed by atoms with Crippen LogP contribution in [-0.4, -0.2) is 53.4 Å². The number of nitrogens with zero attached hydrogens (tertiary/aromatic N) is 3. The van der Waals surface area contributed by atoms with E-state index >= 15 is 0 Å². The average molecular weight is 356 g/mol. The minimum absolute atomic E-state index is 0.0815. The van der Waals surface area contributed by atoms with E-state index < -0.39 is 4.92 Å². The van der Waals surface area contributed by atoms with E-state index in [1.165, 1.54) is 6.07 Å². The van der Waals surface area contributed by atoms with E-state index in [9.17, 15) is 14.9 Å². The summed E-state index contributed by atoms with van der Waals surface area (Å²) in [6.45, 7) is 4.21. The Hall–Kier alpha value is -1.47. The molecule has 2 rings (SSSR count). The van der Waals surface area contributed by atoms with Crippen LogP contribution in [0.25, 0.3) is 0 Å². The van der Waals surface area contributed by atoms with Crippen LogP contribution in [0, 0.1) is 10.1 Å². The Morgan fingerprint density at radius 3 is 2.81 bits per heavy atom. The highest BCUT2D eigenvalue weighted by atomic mass is 79.9. The molecule has 21 heavy (non-hydrogen) atoms. The molecular formula is C14H18BrN3O3. The molecule has 0 radical (unpaired) electrons. The van der Waals surface area contributed by atoms with Gasteiger partial charge >= 0.3 is 0 Å². The van der Waals surface area contributed by atoms with E-state index in [4.69, 9.17) is 0 Å². The molecule has 0 aliphatic carbocycles. The second-order valence-corrected chi connectivity index (χ2v) is 5.98. The molecule has 114 valence electrons. The summed E-state index contributed by atoms with van der Waals surface area (Å²) in [4.78, 5) is 27.1. The predicted molar refractivity (Wildman–Crippen MR) is 83.4 cm³/mol. The standard InChI is InChI=1S/C14H18BrN3O3/c1-3-10-9-17(8-7-16(10)2)14(19)11-5-4-6-12(13(11)15)18(20)21/h4-6,10H,3,7-9H2,1-2H3. The highest BCUT2D eigenvalue weighted by Gasteiger charge is 2.29. The molecule has 1 aliphatic rings. The van der Waals surface area contributed by atoms with Gasteiger partial charge in [0.15, 0.2) is 0 Å². The number of carbonyl (C=O) groups is 1. The number of amides is 1. The summed E-state index contributed by atoms with van der Waals surface area (Å²) in [7, 11) is 2.05. The monoisotopic (exact) mass is 355 g/mol. The van der Waals surface area contributed by atoms with Gasteiger partial charge in [-0.3, -0.25) is 19.8 Å². The maximum Gasteiger partial charge on any atom is 0.284 e. The molecule has 1 saturated heterocycles. The van der Waals surface area contributed by atoms with Crippen molar-refractivity contribution in [2.45, 2.75) is 19.4 Å². The van der Waals surface area contributed by atoms with Gasteiger partial charge in [-0.15, -0.1) is 0 Å². The lowest BCUT2D eigenvalue weighted by Crippen LogP contribution is -2.53. The molecule has 0 spiro atoms. The first-order valence-corrected chi connectivity index (χ1v) is 7.67. The Kier molecular flexibility index (Phi) is 4.95. The number of piperazine rings is 1. The first-order valence-electron chi connectivity index (χ1n) is 6.88. The predicted octanol–water partition coefficient (Wildman–Crippen LogP) is 2.52. The van der Waals surface area contributed by atoms with Gasteiger partial charge in [-0.1, -0.05) is 13.0 Å². The number of nitro benzene ring substituents is 1. The number of carbonyl (C=O) groups excluding carboxylic acids is 1. The summed E-state index contributed by atoms with van der Waals surface area (Å²) in [5.74, 6) is -0.155. The Morgan fingerprint density at radius 1 is 1.48 bits per heavy atom. The van der Waals surface area contributed by atoms with E-state index in [1.54, 1.807) is 17.0 Å². The van der Waals surface area contributed by atoms with Crippen LogP contribution in [0.5, 0.6) is 0 Å². The number of likely N-dealkylation sites (N-methyl/N-ethyl adjacent to an activating group) is 1. The van der Waals surface area contributed by atoms with Crippen molar-refractivity contribution in [1.29, 1.82) is 0 Å². The highest BCUT2D eigenvalue weighted by Crippen LogP contribution is 2.29. The summed E-state index contributed by atoms with van der Waals surface area (Å²) in [6, 6.07) is 4.89. The molecule has 0 bridgehead atoms. The van der Waals surface area contributed by atoms with Gasteiger partial charge in [0.25, 0.3) is 11.6 Å². The highest BCUT2D eigenvalue weighted by molar-refractivity contribution is 9.10. The summed E-state index contributed by atoms with van der Waals surface area (Å²) in [6.07, 6.45) is 0.969. The molecule has 1 fully saturated rings. The molecule has 1 amide bonds. The van der Waals surface area contributed by atoms with Crippen LogP contribution in [0.2, 0.25) is 0 Å². The van der Waals surface area contributed by atoms with Gasteiger partial charge < -0.3 is 4.90 Å². The van der Waals surface area contributed by atoms with E-state index in [-0.39, 0.29) is 16.1 Å². The van der Waals surface area contributed by atoms with Gasteiger partial charge in [0, 0.05) is 31.7 Å². The van der Waals surface area contributed by atoms with E-state index in [1.807, 2.05) is 0 Å². The number of hydrogen-bond donors (Lipinski definition) is 0. The molecule has 0 aromatic heterocycles. The molecule has 6 nitrogen and oxygen atoms in total. The van der Waals surface area contributed by atoms with Gasteiger partial charge in [-0.25, -0.2) is 0 Å². The quantitative estimate of drug-likeness (QED) is 0.617. The number of halogens is 1. The Labute approximate surface area is 132 Å². The topological polar surface area (TPSA) is 66.7 Å². The second-order valence-electron chi connectivity index (χ2n) is 5.19. The van der Waals surface area contributed by atoms with Gasteiger partial charge in [-0.05, 0) is 35.5 Å². The largest absolute Gasteiger partial charge is 0.336 e. The van der Waals surface area contributed by atoms with Crippen LogP contribution in [-0.2, 0) is 0 Å². The van der Waals surface area contributed by atoms with E-state index in [2.05, 4.69) is 34.8 Å². The average Bonchev–Trinajstić information content (AvgIpc) is 2.47. The SMILES string of the molecule is CCC1CN(C(=O)c2cccc([N+](=O)[O-])c2Br)CCN1C. The minimum atomic E-state index is -0.486. The second kappa shape index (κ2) is 6.53. The van der Waals surface area contributed by atoms with E-state index in [0.717, 1.165) is 13.0 Å². The van der Waals surface area contributed by atoms with E-state index in [0.29, 0.717) is 24.7 Å². The number of rotatable bonds is 3. The zero-order valence-electron chi connectivity index (χ0n) is 12.1. The van der Waals surface area contributed by atoms with Crippen LogP contribution in [0.15, 0.2) is 22.7 Å². The molecule has 0 N–H and O–H groups in total. The Bertz CT molecular complexity index is 564. The van der Waals surface area contributed by atoms with Crippen molar-refractivity contribution in [3.05, 3.63) is 38.3 Å². The van der Waals surface area contributed by atoms with Crippen molar-refractivity contribution in [2.75, 3.05) is 26.7 Å². The van der Waals surface area contributed by atoms with Crippen molar-refractivity contribution in [1.82, 2.24) is 9.80 Å². The van der Waals surface area contributed by atoms with Gasteiger partial charge in [-0.2, -0.15) is 0 Å². The van der Waals surface area contributed by atoms with Crippen molar-refractivity contribution >= 4 is 27.5 Å². The first kappa shape index (κ1) is 15.9. The first-order chi connectivity index (χ1) is 9.95. The molecule has 7 heteroatoms. The van der Waals surface area contributed by atoms with Gasteiger partial charge in [0.1, 0.15) is 4.47 Å². The molecule has 1 heterocycles. The van der Waals surface area contributed by atoms with Gasteiger partial charge in [0.2, 0.25) is 0 Å². The Morgan fingerprint density at radius 2 is 2.19 bits per heavy atom. The zero-order chi connectivity index (χ0) is 15.6. The van der Waals surface area contributed by atoms with Crippen molar-refractivity contribution in [3.63, 3.8) is 0 Å². The fourth-order valence-corrected chi connectivity index (χ4v) is 3.15. The van der Waals surface area contributed by atoms with Crippen LogP contribution < -0.4 is 0 Å². The van der Waals surface area contributed by atoms with Crippen molar-refractivity contribution < 1.29 is 9.72 Å². The maximum absolute atomic E-state index is 12.6. The third kappa shape index (κ3) is 3.24. The summed E-state index contributed by atoms with van der Waals surface area (Å²) >= 11 is 3.19. The smallest absolute Gasteiger partial charge is 0.284 e. The molecule has 1 aromatic rings. The molecule has 1 aliphatic heterocycles. The maximum atomic E-state index is 12.6. The third-order valence-electron chi connectivity index (χ3n) is 3.94. The lowest BCUT2D eigenvalue weighted by atomic mass is 10.1. The molecule has 0 saturated carbocycles. The molecule has 1 unspecified atom stereocenters. The summed E-state index contributed by atoms with van der Waals surface area (Å²) in [5, 5.41) is 11.0. The molecule has 1 aromatic carbocycles. The third-order valence-corrected chi connectivity index (χ3v) is 4.77.